The van der Waals surface area contributed by atoms with E-state index in [1.807, 2.05) is 4.98 Å². The number of nitrogens with one attached hydrogen (secondary N) is 1. The average Bonchev–Trinajstić information content (AvgIpc) is 2.95. The lowest BCUT2D eigenvalue weighted by molar-refractivity contribution is -0.0654. The lowest BCUT2D eigenvalue weighted by Crippen LogP contribution is -2.43. The Labute approximate surface area is 196 Å². The Hall–Kier alpha value is -1.56. The minimum absolute atomic E-state index is 0.0381. The van der Waals surface area contributed by atoms with Gasteiger partial charge < -0.3 is 9.84 Å². The third-order valence-electron chi connectivity index (χ3n) is 5.36. The number of phosphoric ester groups is 1. The molecule has 2 fully saturated rings. The lowest BCUT2D eigenvalue weighted by Gasteiger charge is -2.30. The number of aliphatic hydroxyl groups excluding tert-OH is 1. The van der Waals surface area contributed by atoms with Gasteiger partial charge in [0.05, 0.1) is 19.3 Å². The predicted octanol–water partition coefficient (Wildman–Crippen LogP) is 3.13. The van der Waals surface area contributed by atoms with Gasteiger partial charge in [0.2, 0.25) is 0 Å². The molecule has 0 spiro atoms. The molecule has 0 bridgehead atoms. The van der Waals surface area contributed by atoms with Gasteiger partial charge in [-0.05, 0) is 30.7 Å². The number of hydrogen-bond donors (Lipinski definition) is 2. The van der Waals surface area contributed by atoms with E-state index in [-0.39, 0.29) is 6.61 Å². The SMILES string of the molecule is C[C@@]1(F)[C@H](O)C(CO[P@]2(=O)OCC[C@H](c3cc(Cl)cc(Cl)c3)O2)O[C@H]1n1ccc(=O)[nH]c1=O. The zero-order chi connectivity index (χ0) is 24.0. The van der Waals surface area contributed by atoms with Crippen molar-refractivity contribution >= 4 is 31.0 Å². The maximum absolute atomic E-state index is 15.3. The Morgan fingerprint density at radius 1 is 1.33 bits per heavy atom. The summed E-state index contributed by atoms with van der Waals surface area (Å²) in [5, 5.41) is 11.2. The van der Waals surface area contributed by atoms with Crippen LogP contribution in [0.25, 0.3) is 0 Å². The van der Waals surface area contributed by atoms with Crippen LogP contribution in [0.15, 0.2) is 40.1 Å². The number of rotatable bonds is 5. The van der Waals surface area contributed by atoms with E-state index in [2.05, 4.69) is 0 Å². The number of aromatic nitrogens is 2. The molecule has 4 rings (SSSR count). The van der Waals surface area contributed by atoms with Gasteiger partial charge in [0.25, 0.3) is 5.56 Å². The molecule has 2 N–H and O–H groups in total. The van der Waals surface area contributed by atoms with Crippen LogP contribution in [0.3, 0.4) is 0 Å². The highest BCUT2D eigenvalue weighted by molar-refractivity contribution is 7.48. The monoisotopic (exact) mass is 524 g/mol. The molecule has 3 heterocycles. The Morgan fingerprint density at radius 2 is 2.03 bits per heavy atom. The van der Waals surface area contributed by atoms with E-state index in [9.17, 15) is 19.3 Å². The van der Waals surface area contributed by atoms with Crippen LogP contribution in [-0.4, -0.2) is 45.7 Å². The van der Waals surface area contributed by atoms with E-state index in [4.69, 9.17) is 41.5 Å². The average molecular weight is 525 g/mol. The second kappa shape index (κ2) is 9.24. The van der Waals surface area contributed by atoms with Crippen molar-refractivity contribution in [3.05, 3.63) is 66.9 Å². The number of ether oxygens (including phenoxy) is 1. The number of aromatic amines is 1. The Balaban J connectivity index is 1.47. The molecule has 1 aromatic heterocycles. The summed E-state index contributed by atoms with van der Waals surface area (Å²) in [7, 11) is -4.11. The number of halogens is 3. The van der Waals surface area contributed by atoms with E-state index in [0.717, 1.165) is 23.8 Å². The summed E-state index contributed by atoms with van der Waals surface area (Å²) in [4.78, 5) is 25.3. The molecule has 14 heteroatoms. The first kappa shape index (κ1) is 24.6. The smallest absolute Gasteiger partial charge is 0.387 e. The summed E-state index contributed by atoms with van der Waals surface area (Å²) in [5.41, 5.74) is -3.44. The molecule has 2 aliphatic heterocycles. The van der Waals surface area contributed by atoms with Gasteiger partial charge in [-0.15, -0.1) is 0 Å². The van der Waals surface area contributed by atoms with Crippen molar-refractivity contribution in [3.63, 3.8) is 0 Å². The zero-order valence-corrected chi connectivity index (χ0v) is 19.6. The highest BCUT2D eigenvalue weighted by Gasteiger charge is 2.56. The van der Waals surface area contributed by atoms with Crippen molar-refractivity contribution in [3.8, 4) is 0 Å². The number of H-pyrrole nitrogens is 1. The minimum atomic E-state index is -4.11. The summed E-state index contributed by atoms with van der Waals surface area (Å²) in [5.74, 6) is 0. The molecule has 1 unspecified atom stereocenters. The largest absolute Gasteiger partial charge is 0.475 e. The van der Waals surface area contributed by atoms with E-state index in [1.165, 1.54) is 0 Å². The lowest BCUT2D eigenvalue weighted by atomic mass is 9.98. The van der Waals surface area contributed by atoms with Crippen LogP contribution in [0.4, 0.5) is 4.39 Å². The summed E-state index contributed by atoms with van der Waals surface area (Å²) < 4.78 is 50.6. The predicted molar refractivity (Wildman–Crippen MR) is 115 cm³/mol. The molecule has 6 atom stereocenters. The highest BCUT2D eigenvalue weighted by atomic mass is 35.5. The highest BCUT2D eigenvalue weighted by Crippen LogP contribution is 2.57. The standard InChI is InChI=1S/C19H20Cl2FN2O8P/c1-19(22)16(26)14(31-17(19)24-4-2-15(25)23-18(24)27)9-30-33(28)29-5-3-13(32-33)10-6-11(20)8-12(21)7-10/h2,4,6-8,13-14,16-17,26H,3,5,9H2,1H3,(H,23,25,27)/t13-,14?,16-,17-,19-,33+/m1/s1. The first-order valence-electron chi connectivity index (χ1n) is 9.86. The van der Waals surface area contributed by atoms with E-state index in [1.54, 1.807) is 18.2 Å². The molecule has 10 nitrogen and oxygen atoms in total. The molecule has 33 heavy (non-hydrogen) atoms. The first-order chi connectivity index (χ1) is 15.5. The third kappa shape index (κ3) is 5.11. The van der Waals surface area contributed by atoms with Crippen molar-refractivity contribution < 1.29 is 32.4 Å². The summed E-state index contributed by atoms with van der Waals surface area (Å²) in [6, 6.07) is 5.78. The molecule has 1 aromatic carbocycles. The van der Waals surface area contributed by atoms with Crippen molar-refractivity contribution in [1.82, 2.24) is 9.55 Å². The van der Waals surface area contributed by atoms with Crippen LogP contribution < -0.4 is 11.2 Å². The van der Waals surface area contributed by atoms with E-state index >= 15 is 4.39 Å². The fraction of sp³-hybridized carbons (Fsp3) is 0.474. The van der Waals surface area contributed by atoms with E-state index in [0.29, 0.717) is 22.0 Å². The normalized spacial score (nSPS) is 34.5. The Morgan fingerprint density at radius 3 is 2.70 bits per heavy atom. The van der Waals surface area contributed by atoms with Gasteiger partial charge in [-0.2, -0.15) is 0 Å². The number of aliphatic hydroxyl groups is 1. The quantitative estimate of drug-likeness (QED) is 0.570. The van der Waals surface area contributed by atoms with E-state index < -0.39 is 55.9 Å². The molecule has 0 amide bonds. The van der Waals surface area contributed by atoms with Crippen LogP contribution in [-0.2, 0) is 22.9 Å². The van der Waals surface area contributed by atoms with Gasteiger partial charge in [-0.1, -0.05) is 23.2 Å². The third-order valence-corrected chi connectivity index (χ3v) is 7.27. The minimum Gasteiger partial charge on any atom is -0.387 e. The van der Waals surface area contributed by atoms with Gasteiger partial charge >= 0.3 is 13.5 Å². The van der Waals surface area contributed by atoms with Crippen LogP contribution in [0.1, 0.15) is 31.2 Å². The molecule has 0 radical (unpaired) electrons. The summed E-state index contributed by atoms with van der Waals surface area (Å²) >= 11 is 12.0. The zero-order valence-electron chi connectivity index (χ0n) is 17.2. The number of phosphoric acid groups is 1. The second-order valence-electron chi connectivity index (χ2n) is 7.80. The van der Waals surface area contributed by atoms with Crippen molar-refractivity contribution in [2.75, 3.05) is 13.2 Å². The van der Waals surface area contributed by atoms with Crippen molar-refractivity contribution in [2.24, 2.45) is 0 Å². The van der Waals surface area contributed by atoms with Crippen molar-refractivity contribution in [2.45, 2.75) is 43.6 Å². The van der Waals surface area contributed by atoms with Crippen LogP contribution in [0.2, 0.25) is 10.0 Å². The molecule has 0 saturated carbocycles. The van der Waals surface area contributed by atoms with Gasteiger partial charge in [0.1, 0.15) is 12.2 Å². The van der Waals surface area contributed by atoms with Crippen LogP contribution in [0.5, 0.6) is 0 Å². The molecule has 2 aliphatic rings. The van der Waals surface area contributed by atoms with Gasteiger partial charge in [-0.3, -0.25) is 27.9 Å². The van der Waals surface area contributed by atoms with Gasteiger partial charge in [0, 0.05) is 28.7 Å². The summed E-state index contributed by atoms with van der Waals surface area (Å²) in [6.45, 7) is 0.514. The maximum Gasteiger partial charge on any atom is 0.475 e. The molecule has 2 saturated heterocycles. The van der Waals surface area contributed by atoms with Gasteiger partial charge in [0.15, 0.2) is 11.9 Å². The fourth-order valence-electron chi connectivity index (χ4n) is 3.69. The van der Waals surface area contributed by atoms with Gasteiger partial charge in [-0.25, -0.2) is 13.8 Å². The fourth-order valence-corrected chi connectivity index (χ4v) is 5.63. The van der Waals surface area contributed by atoms with Crippen LogP contribution in [0, 0.1) is 0 Å². The molecular formula is C19H20Cl2FN2O8P. The Bertz CT molecular complexity index is 1180. The summed E-state index contributed by atoms with van der Waals surface area (Å²) in [6.07, 6.45) is -3.92. The molecular weight excluding hydrogens is 505 g/mol. The number of benzene rings is 1. The maximum atomic E-state index is 15.3. The second-order valence-corrected chi connectivity index (χ2v) is 10.3. The van der Waals surface area contributed by atoms with Crippen molar-refractivity contribution in [1.29, 1.82) is 0 Å². The number of alkyl halides is 1. The number of nitrogens with zero attached hydrogens (tertiary/aromatic N) is 1. The molecule has 0 aliphatic carbocycles. The topological polar surface area (TPSA) is 129 Å². The molecule has 2 aromatic rings. The van der Waals surface area contributed by atoms with Crippen LogP contribution >= 0.6 is 31.0 Å². The first-order valence-corrected chi connectivity index (χ1v) is 12.1. The molecule has 180 valence electrons. The Kier molecular flexibility index (Phi) is 6.88. The number of hydrogen-bond acceptors (Lipinski definition) is 8.